The van der Waals surface area contributed by atoms with E-state index in [1.807, 2.05) is 6.92 Å². The Morgan fingerprint density at radius 2 is 1.76 bits per heavy atom. The zero-order valence-electron chi connectivity index (χ0n) is 16.1. The topological polar surface area (TPSA) is 12.0 Å². The van der Waals surface area contributed by atoms with Crippen molar-refractivity contribution < 1.29 is 0 Å². The highest BCUT2D eigenvalue weighted by Gasteiger charge is 2.07. The van der Waals surface area contributed by atoms with Crippen molar-refractivity contribution in [2.75, 3.05) is 5.32 Å². The Labute approximate surface area is 152 Å². The Bertz CT molecular complexity index is 804. The van der Waals surface area contributed by atoms with Crippen LogP contribution >= 0.6 is 0 Å². The highest BCUT2D eigenvalue weighted by atomic mass is 14.9. The number of nitrogens with one attached hydrogen (secondary N) is 1. The van der Waals surface area contributed by atoms with E-state index in [4.69, 9.17) is 0 Å². The third-order valence-corrected chi connectivity index (χ3v) is 4.65. The summed E-state index contributed by atoms with van der Waals surface area (Å²) < 4.78 is 0. The number of allylic oxidation sites excluding steroid dienone is 4. The van der Waals surface area contributed by atoms with Gasteiger partial charge in [-0.2, -0.15) is 0 Å². The molecule has 1 N–H and O–H groups in total. The van der Waals surface area contributed by atoms with Crippen molar-refractivity contribution in [3.05, 3.63) is 89.0 Å². The van der Waals surface area contributed by atoms with E-state index in [2.05, 4.69) is 94.2 Å². The molecule has 2 aromatic rings. The van der Waals surface area contributed by atoms with Gasteiger partial charge in [0.1, 0.15) is 0 Å². The van der Waals surface area contributed by atoms with Crippen LogP contribution in [0.15, 0.2) is 66.8 Å². The Morgan fingerprint density at radius 1 is 1.08 bits per heavy atom. The van der Waals surface area contributed by atoms with Gasteiger partial charge in [-0.05, 0) is 74.1 Å². The molecule has 130 valence electrons. The van der Waals surface area contributed by atoms with Crippen molar-refractivity contribution in [2.24, 2.45) is 0 Å². The van der Waals surface area contributed by atoms with E-state index < -0.39 is 0 Å². The number of aryl methyl sites for hydroxylation is 2. The molecule has 0 atom stereocenters. The number of benzene rings is 2. The standard InChI is InChI=1S/C24H29N/c1-7-9-17(3)19(5)22-12-15-24(18(4)16-22)20(6)25-23-13-10-21(8-2)11-14-23/h7,9-16,25H,6,8H2,1-5H3/b9-7-,19-17+. The molecule has 2 aromatic carbocycles. The van der Waals surface area contributed by atoms with Crippen LogP contribution < -0.4 is 5.32 Å². The molecule has 0 unspecified atom stereocenters. The van der Waals surface area contributed by atoms with Crippen LogP contribution in [-0.4, -0.2) is 0 Å². The first-order valence-electron chi connectivity index (χ1n) is 8.92. The lowest BCUT2D eigenvalue weighted by Gasteiger charge is -2.15. The van der Waals surface area contributed by atoms with Gasteiger partial charge in [0.15, 0.2) is 0 Å². The lowest BCUT2D eigenvalue weighted by atomic mass is 9.96. The van der Waals surface area contributed by atoms with Gasteiger partial charge in [0.05, 0.1) is 0 Å². The van der Waals surface area contributed by atoms with E-state index in [0.717, 1.165) is 23.4 Å². The van der Waals surface area contributed by atoms with Crippen molar-refractivity contribution in [3.63, 3.8) is 0 Å². The molecule has 0 saturated heterocycles. The fourth-order valence-corrected chi connectivity index (χ4v) is 2.90. The SMILES string of the molecule is C=C(Nc1ccc(CC)cc1)c1ccc(/C(C)=C(C)/C=C\C)cc1C. The van der Waals surface area contributed by atoms with Gasteiger partial charge in [-0.3, -0.25) is 0 Å². The van der Waals surface area contributed by atoms with Gasteiger partial charge >= 0.3 is 0 Å². The van der Waals surface area contributed by atoms with E-state index in [-0.39, 0.29) is 0 Å². The predicted molar refractivity (Wildman–Crippen MR) is 113 cm³/mol. The highest BCUT2D eigenvalue weighted by Crippen LogP contribution is 2.26. The van der Waals surface area contributed by atoms with E-state index >= 15 is 0 Å². The average Bonchev–Trinajstić information content (AvgIpc) is 2.61. The lowest BCUT2D eigenvalue weighted by molar-refractivity contribution is 1.14. The summed E-state index contributed by atoms with van der Waals surface area (Å²) in [4.78, 5) is 0. The minimum atomic E-state index is 0.931. The van der Waals surface area contributed by atoms with Gasteiger partial charge in [0, 0.05) is 16.9 Å². The largest absolute Gasteiger partial charge is 0.356 e. The summed E-state index contributed by atoms with van der Waals surface area (Å²) in [5.41, 5.74) is 9.59. The quantitative estimate of drug-likeness (QED) is 0.561. The molecule has 25 heavy (non-hydrogen) atoms. The molecule has 0 heterocycles. The molecule has 0 bridgehead atoms. The molecule has 2 rings (SSSR count). The predicted octanol–water partition coefficient (Wildman–Crippen LogP) is 7.01. The molecule has 0 aliphatic carbocycles. The molecular formula is C24H29N. The third kappa shape index (κ3) is 4.73. The minimum absolute atomic E-state index is 0.931. The molecule has 1 heteroatoms. The minimum Gasteiger partial charge on any atom is -0.356 e. The molecule has 0 aromatic heterocycles. The second-order valence-electron chi connectivity index (χ2n) is 6.49. The number of hydrogen-bond donors (Lipinski definition) is 1. The van der Waals surface area contributed by atoms with E-state index in [1.54, 1.807) is 0 Å². The van der Waals surface area contributed by atoms with Gasteiger partial charge in [0.25, 0.3) is 0 Å². The van der Waals surface area contributed by atoms with Gasteiger partial charge in [0.2, 0.25) is 0 Å². The van der Waals surface area contributed by atoms with E-state index in [0.29, 0.717) is 0 Å². The normalized spacial score (nSPS) is 12.2. The van der Waals surface area contributed by atoms with Gasteiger partial charge < -0.3 is 5.32 Å². The Morgan fingerprint density at radius 3 is 2.32 bits per heavy atom. The molecule has 0 aliphatic rings. The number of hydrogen-bond acceptors (Lipinski definition) is 1. The molecule has 0 aliphatic heterocycles. The van der Waals surface area contributed by atoms with Crippen molar-refractivity contribution in [1.82, 2.24) is 0 Å². The summed E-state index contributed by atoms with van der Waals surface area (Å²) in [5, 5.41) is 3.42. The molecule has 0 saturated carbocycles. The maximum absolute atomic E-state index is 4.23. The number of anilines is 1. The molecule has 0 fully saturated rings. The van der Waals surface area contributed by atoms with Crippen molar-refractivity contribution in [2.45, 2.75) is 41.0 Å². The van der Waals surface area contributed by atoms with Gasteiger partial charge in [-0.15, -0.1) is 0 Å². The molecule has 1 nitrogen and oxygen atoms in total. The van der Waals surface area contributed by atoms with Crippen LogP contribution in [0.3, 0.4) is 0 Å². The second-order valence-corrected chi connectivity index (χ2v) is 6.49. The molecule has 0 spiro atoms. The van der Waals surface area contributed by atoms with Crippen molar-refractivity contribution in [3.8, 4) is 0 Å². The smallest absolute Gasteiger partial charge is 0.0387 e. The van der Waals surface area contributed by atoms with Crippen LogP contribution in [0, 0.1) is 6.92 Å². The van der Waals surface area contributed by atoms with Gasteiger partial charge in [-0.25, -0.2) is 0 Å². The second kappa shape index (κ2) is 8.53. The summed E-state index contributed by atoms with van der Waals surface area (Å²) >= 11 is 0. The average molecular weight is 332 g/mol. The Balaban J connectivity index is 2.22. The number of rotatable bonds is 6. The Hall–Kier alpha value is -2.54. The Kier molecular flexibility index (Phi) is 6.41. The third-order valence-electron chi connectivity index (χ3n) is 4.65. The monoisotopic (exact) mass is 331 g/mol. The maximum Gasteiger partial charge on any atom is 0.0387 e. The van der Waals surface area contributed by atoms with E-state index in [9.17, 15) is 0 Å². The molecule has 0 radical (unpaired) electrons. The first-order chi connectivity index (χ1) is 12.0. The summed E-state index contributed by atoms with van der Waals surface area (Å²) in [5.74, 6) is 0. The van der Waals surface area contributed by atoms with Crippen LogP contribution in [0.5, 0.6) is 0 Å². The summed E-state index contributed by atoms with van der Waals surface area (Å²) in [6, 6.07) is 15.1. The lowest BCUT2D eigenvalue weighted by Crippen LogP contribution is -2.00. The van der Waals surface area contributed by atoms with Crippen molar-refractivity contribution >= 4 is 17.0 Å². The van der Waals surface area contributed by atoms with Crippen molar-refractivity contribution in [1.29, 1.82) is 0 Å². The first-order valence-corrected chi connectivity index (χ1v) is 8.92. The van der Waals surface area contributed by atoms with Crippen LogP contribution in [0.1, 0.15) is 49.9 Å². The van der Waals surface area contributed by atoms with Crippen LogP contribution in [0.2, 0.25) is 0 Å². The van der Waals surface area contributed by atoms with Crippen LogP contribution in [0.4, 0.5) is 5.69 Å². The first kappa shape index (κ1) is 18.8. The van der Waals surface area contributed by atoms with Crippen LogP contribution in [0.25, 0.3) is 11.3 Å². The summed E-state index contributed by atoms with van der Waals surface area (Å²) in [6.45, 7) is 14.9. The summed E-state index contributed by atoms with van der Waals surface area (Å²) in [6.07, 6.45) is 5.29. The zero-order chi connectivity index (χ0) is 18.4. The molecular weight excluding hydrogens is 302 g/mol. The van der Waals surface area contributed by atoms with Gasteiger partial charge in [-0.1, -0.05) is 56.0 Å². The highest BCUT2D eigenvalue weighted by molar-refractivity contribution is 5.79. The summed E-state index contributed by atoms with van der Waals surface area (Å²) in [7, 11) is 0. The fraction of sp³-hybridized carbons (Fsp3) is 0.250. The fourth-order valence-electron chi connectivity index (χ4n) is 2.90. The zero-order valence-corrected chi connectivity index (χ0v) is 16.1. The van der Waals surface area contributed by atoms with E-state index in [1.165, 1.54) is 27.8 Å². The van der Waals surface area contributed by atoms with Crippen LogP contribution in [-0.2, 0) is 6.42 Å². The maximum atomic E-state index is 4.23. The molecule has 0 amide bonds.